The average Bonchev–Trinajstić information content (AvgIpc) is 3.07. The molecule has 0 aliphatic rings. The molecular weight excluding hydrogens is 390 g/mol. The van der Waals surface area contributed by atoms with Crippen LogP contribution >= 0.6 is 11.8 Å². The van der Waals surface area contributed by atoms with Crippen molar-refractivity contribution >= 4 is 23.4 Å². The summed E-state index contributed by atoms with van der Waals surface area (Å²) in [5.74, 6) is 1.09. The number of hydrogen-bond donors (Lipinski definition) is 1. The van der Waals surface area contributed by atoms with Crippen LogP contribution in [0.2, 0.25) is 0 Å². The molecule has 0 unspecified atom stereocenters. The van der Waals surface area contributed by atoms with Crippen LogP contribution < -0.4 is 5.32 Å². The van der Waals surface area contributed by atoms with Gasteiger partial charge in [-0.2, -0.15) is 0 Å². The summed E-state index contributed by atoms with van der Waals surface area (Å²) in [4.78, 5) is 22.8. The van der Waals surface area contributed by atoms with E-state index in [1.165, 1.54) is 23.9 Å². The molecule has 0 saturated carbocycles. The topological polar surface area (TPSA) is 103 Å². The van der Waals surface area contributed by atoms with Crippen LogP contribution in [0.5, 0.6) is 0 Å². The third-order valence-corrected chi connectivity index (χ3v) is 5.49. The summed E-state index contributed by atoms with van der Waals surface area (Å²) >= 11 is 1.48. The quantitative estimate of drug-likeness (QED) is 0.360. The first-order valence-corrected chi connectivity index (χ1v) is 9.96. The summed E-state index contributed by atoms with van der Waals surface area (Å²) in [6.07, 6.45) is 0. The normalized spacial score (nSPS) is 11.8. The second-order valence-corrected chi connectivity index (χ2v) is 7.62. The van der Waals surface area contributed by atoms with Gasteiger partial charge in [0.15, 0.2) is 11.0 Å². The Balaban J connectivity index is 1.63. The van der Waals surface area contributed by atoms with Gasteiger partial charge in [-0.1, -0.05) is 41.6 Å². The molecule has 1 N–H and O–H groups in total. The number of benzene rings is 2. The second-order valence-electron chi connectivity index (χ2n) is 6.68. The van der Waals surface area contributed by atoms with Gasteiger partial charge in [0.25, 0.3) is 11.6 Å². The molecule has 150 valence electrons. The van der Waals surface area contributed by atoms with E-state index in [1.54, 1.807) is 18.2 Å². The lowest BCUT2D eigenvalue weighted by Crippen LogP contribution is -2.28. The Morgan fingerprint density at radius 1 is 1.24 bits per heavy atom. The highest BCUT2D eigenvalue weighted by Gasteiger charge is 2.18. The summed E-state index contributed by atoms with van der Waals surface area (Å²) in [6, 6.07) is 13.5. The van der Waals surface area contributed by atoms with Gasteiger partial charge in [-0.05, 0) is 31.5 Å². The van der Waals surface area contributed by atoms with Crippen LogP contribution in [0.4, 0.5) is 5.69 Å². The molecular formula is C20H21N5O3S. The van der Waals surface area contributed by atoms with Crippen molar-refractivity contribution in [3.05, 3.63) is 81.2 Å². The van der Waals surface area contributed by atoms with Gasteiger partial charge in [0.2, 0.25) is 0 Å². The molecule has 1 aromatic heterocycles. The molecule has 29 heavy (non-hydrogen) atoms. The molecule has 8 nitrogen and oxygen atoms in total. The van der Waals surface area contributed by atoms with Crippen LogP contribution in [-0.4, -0.2) is 25.6 Å². The average molecular weight is 411 g/mol. The fraction of sp³-hybridized carbons (Fsp3) is 0.250. The number of nitro benzene ring substituents is 1. The maximum absolute atomic E-state index is 12.5. The molecule has 0 fully saturated rings. The van der Waals surface area contributed by atoms with Gasteiger partial charge in [0, 0.05) is 30.5 Å². The fourth-order valence-corrected chi connectivity index (χ4v) is 3.70. The number of carbonyl (C=O) groups is 1. The van der Waals surface area contributed by atoms with Gasteiger partial charge in [-0.3, -0.25) is 14.9 Å². The Hall–Kier alpha value is -3.20. The predicted octanol–water partition coefficient (Wildman–Crippen LogP) is 3.82. The van der Waals surface area contributed by atoms with Gasteiger partial charge < -0.3 is 9.88 Å². The summed E-state index contributed by atoms with van der Waals surface area (Å²) in [7, 11) is 1.85. The summed E-state index contributed by atoms with van der Waals surface area (Å²) in [5.41, 5.74) is 2.64. The Morgan fingerprint density at radius 3 is 2.62 bits per heavy atom. The van der Waals surface area contributed by atoms with Crippen LogP contribution in [0.3, 0.4) is 0 Å². The maximum Gasteiger partial charge on any atom is 0.269 e. The van der Waals surface area contributed by atoms with Gasteiger partial charge >= 0.3 is 0 Å². The van der Waals surface area contributed by atoms with E-state index in [9.17, 15) is 14.9 Å². The molecule has 3 aromatic rings. The van der Waals surface area contributed by atoms with E-state index >= 15 is 0 Å². The van der Waals surface area contributed by atoms with Gasteiger partial charge in [0.05, 0.1) is 11.0 Å². The molecule has 1 atom stereocenters. The predicted molar refractivity (Wildman–Crippen MR) is 111 cm³/mol. The lowest BCUT2D eigenvalue weighted by atomic mass is 10.1. The Bertz CT molecular complexity index is 1030. The number of rotatable bonds is 7. The summed E-state index contributed by atoms with van der Waals surface area (Å²) < 4.78 is 1.84. The molecule has 1 heterocycles. The molecule has 1 amide bonds. The summed E-state index contributed by atoms with van der Waals surface area (Å²) in [6.45, 7) is 3.81. The standard InChI is InChI=1S/C20H21N5O3S/c1-13-5-4-6-16(11-13)19(26)21-14(2)18-22-23-20(24(18)3)29-12-15-7-9-17(10-8-15)25(27)28/h4-11,14H,12H2,1-3H3,(H,21,26)/t14-/m0/s1. The van der Waals surface area contributed by atoms with Crippen LogP contribution in [0.25, 0.3) is 0 Å². The minimum atomic E-state index is -0.418. The zero-order chi connectivity index (χ0) is 21.0. The molecule has 0 saturated heterocycles. The molecule has 9 heteroatoms. The SMILES string of the molecule is Cc1cccc(C(=O)N[C@@H](C)c2nnc(SCc3ccc([N+](=O)[O-])cc3)n2C)c1. The number of non-ortho nitro benzene ring substituents is 1. The van der Waals surface area contributed by atoms with Gasteiger partial charge in [-0.15, -0.1) is 10.2 Å². The van der Waals surface area contributed by atoms with Crippen molar-refractivity contribution in [3.8, 4) is 0 Å². The maximum atomic E-state index is 12.5. The fourth-order valence-electron chi connectivity index (χ4n) is 2.82. The lowest BCUT2D eigenvalue weighted by Gasteiger charge is -2.14. The highest BCUT2D eigenvalue weighted by atomic mass is 32.2. The number of carbonyl (C=O) groups excluding carboxylic acids is 1. The molecule has 0 radical (unpaired) electrons. The first-order chi connectivity index (χ1) is 13.8. The van der Waals surface area contributed by atoms with Crippen molar-refractivity contribution in [3.63, 3.8) is 0 Å². The number of amides is 1. The van der Waals surface area contributed by atoms with E-state index in [2.05, 4.69) is 15.5 Å². The highest BCUT2D eigenvalue weighted by Crippen LogP contribution is 2.24. The zero-order valence-electron chi connectivity index (χ0n) is 16.3. The lowest BCUT2D eigenvalue weighted by molar-refractivity contribution is -0.384. The minimum absolute atomic E-state index is 0.0675. The van der Waals surface area contributed by atoms with Crippen molar-refractivity contribution in [2.45, 2.75) is 30.8 Å². The molecule has 2 aromatic carbocycles. The number of aryl methyl sites for hydroxylation is 1. The smallest absolute Gasteiger partial charge is 0.269 e. The van der Waals surface area contributed by atoms with Crippen molar-refractivity contribution in [2.75, 3.05) is 0 Å². The first-order valence-electron chi connectivity index (χ1n) is 8.98. The van der Waals surface area contributed by atoms with E-state index in [4.69, 9.17) is 0 Å². The Morgan fingerprint density at radius 2 is 1.97 bits per heavy atom. The Labute approximate surface area is 172 Å². The third-order valence-electron chi connectivity index (χ3n) is 4.40. The van der Waals surface area contributed by atoms with Crippen molar-refractivity contribution in [1.29, 1.82) is 0 Å². The van der Waals surface area contributed by atoms with Crippen molar-refractivity contribution in [1.82, 2.24) is 20.1 Å². The largest absolute Gasteiger partial charge is 0.342 e. The number of aromatic nitrogens is 3. The molecule has 0 bridgehead atoms. The number of hydrogen-bond acceptors (Lipinski definition) is 6. The van der Waals surface area contributed by atoms with Crippen LogP contribution in [0.15, 0.2) is 53.7 Å². The summed E-state index contributed by atoms with van der Waals surface area (Å²) in [5, 5.41) is 22.8. The molecule has 0 aliphatic heterocycles. The zero-order valence-corrected chi connectivity index (χ0v) is 17.1. The molecule has 3 rings (SSSR count). The number of thioether (sulfide) groups is 1. The number of nitrogens with one attached hydrogen (secondary N) is 1. The van der Waals surface area contributed by atoms with E-state index in [-0.39, 0.29) is 17.6 Å². The van der Waals surface area contributed by atoms with Gasteiger partial charge in [0.1, 0.15) is 0 Å². The number of nitrogens with zero attached hydrogens (tertiary/aromatic N) is 4. The van der Waals surface area contributed by atoms with Crippen molar-refractivity contribution in [2.24, 2.45) is 7.05 Å². The van der Waals surface area contributed by atoms with E-state index in [0.717, 1.165) is 11.1 Å². The van der Waals surface area contributed by atoms with E-state index in [1.807, 2.05) is 43.7 Å². The van der Waals surface area contributed by atoms with Gasteiger partial charge in [-0.25, -0.2) is 0 Å². The van der Waals surface area contributed by atoms with Crippen LogP contribution in [0.1, 0.15) is 40.3 Å². The molecule has 0 aliphatic carbocycles. The Kier molecular flexibility index (Phi) is 6.28. The van der Waals surface area contributed by atoms with E-state index < -0.39 is 4.92 Å². The second kappa shape index (κ2) is 8.87. The van der Waals surface area contributed by atoms with Crippen LogP contribution in [0, 0.1) is 17.0 Å². The third kappa shape index (κ3) is 5.00. The molecule has 0 spiro atoms. The highest BCUT2D eigenvalue weighted by molar-refractivity contribution is 7.98. The van der Waals surface area contributed by atoms with E-state index in [0.29, 0.717) is 22.3 Å². The monoisotopic (exact) mass is 411 g/mol. The van der Waals surface area contributed by atoms with Crippen LogP contribution in [-0.2, 0) is 12.8 Å². The van der Waals surface area contributed by atoms with Crippen molar-refractivity contribution < 1.29 is 9.72 Å². The first kappa shape index (κ1) is 20.5. The number of nitro groups is 1. The minimum Gasteiger partial charge on any atom is -0.342 e.